The minimum absolute atomic E-state index is 0.0359. The smallest absolute Gasteiger partial charge is 0.242 e. The highest BCUT2D eigenvalue weighted by Gasteiger charge is 2.10. The predicted octanol–water partition coefficient (Wildman–Crippen LogP) is 0.614. The number of carbonyl (C=O) groups is 1. The first-order valence-corrected chi connectivity index (χ1v) is 6.12. The van der Waals surface area contributed by atoms with Gasteiger partial charge in [-0.2, -0.15) is 0 Å². The molecular weight excluding hydrogens is 242 g/mol. The van der Waals surface area contributed by atoms with Crippen LogP contribution < -0.4 is 11.1 Å². The second-order valence-corrected chi connectivity index (χ2v) is 4.31. The van der Waals surface area contributed by atoms with Crippen molar-refractivity contribution in [3.63, 3.8) is 0 Å². The van der Waals surface area contributed by atoms with Gasteiger partial charge in [0.2, 0.25) is 5.91 Å². The van der Waals surface area contributed by atoms with Crippen LogP contribution in [-0.2, 0) is 17.9 Å². The number of amides is 1. The van der Waals surface area contributed by atoms with Gasteiger partial charge in [-0.05, 0) is 12.5 Å². The Balaban J connectivity index is 1.91. The fourth-order valence-electron chi connectivity index (χ4n) is 1.77. The number of nitrogens with zero attached hydrogens (tertiary/aromatic N) is 3. The van der Waals surface area contributed by atoms with Crippen LogP contribution in [-0.4, -0.2) is 20.9 Å². The third-order valence-electron chi connectivity index (χ3n) is 2.78. The molecule has 0 aliphatic heterocycles. The van der Waals surface area contributed by atoms with Crippen molar-refractivity contribution in [3.05, 3.63) is 47.8 Å². The zero-order valence-corrected chi connectivity index (χ0v) is 10.8. The number of benzene rings is 1. The molecule has 3 N–H and O–H groups in total. The third kappa shape index (κ3) is 3.62. The van der Waals surface area contributed by atoms with E-state index in [-0.39, 0.29) is 18.5 Å². The monoisotopic (exact) mass is 259 g/mol. The number of hydrogen-bond donors (Lipinski definition) is 2. The lowest BCUT2D eigenvalue weighted by atomic mass is 10.1. The SMILES string of the molecule is CC(NC(=O)Cn1cc(CN)nn1)c1ccccc1. The van der Waals surface area contributed by atoms with Gasteiger partial charge in [0.15, 0.2) is 0 Å². The fraction of sp³-hybridized carbons (Fsp3) is 0.308. The lowest BCUT2D eigenvalue weighted by Gasteiger charge is -2.13. The summed E-state index contributed by atoms with van der Waals surface area (Å²) in [5, 5.41) is 10.6. The second kappa shape index (κ2) is 6.10. The Bertz CT molecular complexity index is 537. The van der Waals surface area contributed by atoms with Crippen LogP contribution in [0.1, 0.15) is 24.2 Å². The quantitative estimate of drug-likeness (QED) is 0.824. The average Bonchev–Trinajstić information content (AvgIpc) is 2.87. The Labute approximate surface area is 111 Å². The van der Waals surface area contributed by atoms with Crippen molar-refractivity contribution in [3.8, 4) is 0 Å². The van der Waals surface area contributed by atoms with Crippen molar-refractivity contribution < 1.29 is 4.79 Å². The molecule has 0 saturated heterocycles. The van der Waals surface area contributed by atoms with E-state index in [0.717, 1.165) is 5.56 Å². The maximum atomic E-state index is 11.9. The Kier molecular flexibility index (Phi) is 4.25. The molecule has 100 valence electrons. The standard InChI is InChI=1S/C13H17N5O/c1-10(11-5-3-2-4-6-11)15-13(19)9-18-8-12(7-14)16-17-18/h2-6,8,10H,7,9,14H2,1H3,(H,15,19). The van der Waals surface area contributed by atoms with Crippen molar-refractivity contribution in [1.82, 2.24) is 20.3 Å². The predicted molar refractivity (Wildman–Crippen MR) is 70.9 cm³/mol. The first-order valence-electron chi connectivity index (χ1n) is 6.12. The number of rotatable bonds is 5. The highest BCUT2D eigenvalue weighted by molar-refractivity contribution is 5.76. The van der Waals surface area contributed by atoms with Crippen LogP contribution in [0.15, 0.2) is 36.5 Å². The van der Waals surface area contributed by atoms with E-state index in [1.54, 1.807) is 6.20 Å². The lowest BCUT2D eigenvalue weighted by molar-refractivity contribution is -0.122. The first kappa shape index (κ1) is 13.2. The number of hydrogen-bond acceptors (Lipinski definition) is 4. The molecule has 1 aromatic heterocycles. The lowest BCUT2D eigenvalue weighted by Crippen LogP contribution is -2.30. The van der Waals surface area contributed by atoms with Crippen LogP contribution >= 0.6 is 0 Å². The maximum Gasteiger partial charge on any atom is 0.242 e. The first-order chi connectivity index (χ1) is 9.19. The van der Waals surface area contributed by atoms with Crippen molar-refractivity contribution in [2.75, 3.05) is 0 Å². The second-order valence-electron chi connectivity index (χ2n) is 4.31. The normalized spacial score (nSPS) is 12.1. The molecule has 1 aromatic carbocycles. The summed E-state index contributed by atoms with van der Waals surface area (Å²) in [5.74, 6) is -0.107. The van der Waals surface area contributed by atoms with Crippen molar-refractivity contribution in [2.24, 2.45) is 5.73 Å². The molecular formula is C13H17N5O. The van der Waals surface area contributed by atoms with E-state index in [0.29, 0.717) is 12.2 Å². The van der Waals surface area contributed by atoms with Gasteiger partial charge in [-0.25, -0.2) is 4.68 Å². The maximum absolute atomic E-state index is 11.9. The van der Waals surface area contributed by atoms with E-state index in [1.807, 2.05) is 37.3 Å². The molecule has 6 nitrogen and oxygen atoms in total. The molecule has 19 heavy (non-hydrogen) atoms. The fourth-order valence-corrected chi connectivity index (χ4v) is 1.77. The van der Waals surface area contributed by atoms with Crippen LogP contribution in [0.2, 0.25) is 0 Å². The molecule has 0 spiro atoms. The van der Waals surface area contributed by atoms with E-state index >= 15 is 0 Å². The van der Waals surface area contributed by atoms with E-state index in [4.69, 9.17) is 5.73 Å². The topological polar surface area (TPSA) is 85.8 Å². The Morgan fingerprint density at radius 1 is 1.42 bits per heavy atom. The molecule has 0 bridgehead atoms. The molecule has 0 aliphatic carbocycles. The van der Waals surface area contributed by atoms with Gasteiger partial charge in [-0.3, -0.25) is 4.79 Å². The van der Waals surface area contributed by atoms with Gasteiger partial charge >= 0.3 is 0 Å². The van der Waals surface area contributed by atoms with Gasteiger partial charge in [0, 0.05) is 6.54 Å². The summed E-state index contributed by atoms with van der Waals surface area (Å²) >= 11 is 0. The summed E-state index contributed by atoms with van der Waals surface area (Å²) < 4.78 is 1.48. The molecule has 6 heteroatoms. The highest BCUT2D eigenvalue weighted by atomic mass is 16.2. The van der Waals surface area contributed by atoms with E-state index < -0.39 is 0 Å². The van der Waals surface area contributed by atoms with Gasteiger partial charge in [0.25, 0.3) is 0 Å². The summed E-state index contributed by atoms with van der Waals surface area (Å²) in [6, 6.07) is 9.76. The van der Waals surface area contributed by atoms with Crippen LogP contribution in [0, 0.1) is 0 Å². The summed E-state index contributed by atoms with van der Waals surface area (Å²) in [6.07, 6.45) is 1.67. The largest absolute Gasteiger partial charge is 0.348 e. The summed E-state index contributed by atoms with van der Waals surface area (Å²) in [5.41, 5.74) is 7.17. The molecule has 2 aromatic rings. The summed E-state index contributed by atoms with van der Waals surface area (Å²) in [6.45, 7) is 2.41. The molecule has 0 radical (unpaired) electrons. The van der Waals surface area contributed by atoms with E-state index in [2.05, 4.69) is 15.6 Å². The van der Waals surface area contributed by atoms with Crippen molar-refractivity contribution in [2.45, 2.75) is 26.1 Å². The molecule has 1 atom stereocenters. The Hall–Kier alpha value is -2.21. The number of aromatic nitrogens is 3. The molecule has 0 aliphatic rings. The molecule has 0 saturated carbocycles. The van der Waals surface area contributed by atoms with Crippen LogP contribution in [0.3, 0.4) is 0 Å². The number of nitrogens with one attached hydrogen (secondary N) is 1. The van der Waals surface area contributed by atoms with Crippen molar-refractivity contribution >= 4 is 5.91 Å². The average molecular weight is 259 g/mol. The minimum Gasteiger partial charge on any atom is -0.348 e. The van der Waals surface area contributed by atoms with Gasteiger partial charge in [0.05, 0.1) is 17.9 Å². The zero-order chi connectivity index (χ0) is 13.7. The summed E-state index contributed by atoms with van der Waals surface area (Å²) in [4.78, 5) is 11.9. The van der Waals surface area contributed by atoms with E-state index in [9.17, 15) is 4.79 Å². The molecule has 2 rings (SSSR count). The Morgan fingerprint density at radius 2 is 2.16 bits per heavy atom. The van der Waals surface area contributed by atoms with Crippen molar-refractivity contribution in [1.29, 1.82) is 0 Å². The highest BCUT2D eigenvalue weighted by Crippen LogP contribution is 2.10. The minimum atomic E-state index is -0.107. The van der Waals surface area contributed by atoms with Gasteiger partial charge in [0.1, 0.15) is 6.54 Å². The molecule has 1 heterocycles. The molecule has 1 unspecified atom stereocenters. The van der Waals surface area contributed by atoms with Gasteiger partial charge in [-0.1, -0.05) is 35.5 Å². The third-order valence-corrected chi connectivity index (χ3v) is 2.78. The van der Waals surface area contributed by atoms with Gasteiger partial charge in [-0.15, -0.1) is 5.10 Å². The summed E-state index contributed by atoms with van der Waals surface area (Å²) in [7, 11) is 0. The van der Waals surface area contributed by atoms with Gasteiger partial charge < -0.3 is 11.1 Å². The number of nitrogens with two attached hydrogens (primary N) is 1. The zero-order valence-electron chi connectivity index (χ0n) is 10.8. The van der Waals surface area contributed by atoms with E-state index in [1.165, 1.54) is 4.68 Å². The molecule has 1 amide bonds. The number of carbonyl (C=O) groups excluding carboxylic acids is 1. The molecule has 0 fully saturated rings. The van der Waals surface area contributed by atoms with Crippen LogP contribution in [0.4, 0.5) is 0 Å². The Morgan fingerprint density at radius 3 is 2.79 bits per heavy atom. The van der Waals surface area contributed by atoms with Crippen LogP contribution in [0.25, 0.3) is 0 Å². The van der Waals surface area contributed by atoms with Crippen LogP contribution in [0.5, 0.6) is 0 Å².